The van der Waals surface area contributed by atoms with E-state index < -0.39 is 0 Å². The molecule has 2 heteroatoms. The third-order valence-electron chi connectivity index (χ3n) is 8.43. The second-order valence-electron chi connectivity index (χ2n) is 10.0. The Hall–Kier alpha value is -2.58. The van der Waals surface area contributed by atoms with E-state index >= 15 is 0 Å². The minimum Gasteiger partial charge on any atom is -0.457 e. The molecule has 3 aromatic carbocycles. The van der Waals surface area contributed by atoms with Crippen LogP contribution in [0.2, 0.25) is 0 Å². The molecule has 2 bridgehead atoms. The van der Waals surface area contributed by atoms with Crippen molar-refractivity contribution in [2.24, 2.45) is 5.92 Å². The summed E-state index contributed by atoms with van der Waals surface area (Å²) in [5.74, 6) is 2.72. The normalized spacial score (nSPS) is 26.8. The third kappa shape index (κ3) is 3.55. The minimum atomic E-state index is 0.357. The smallest absolute Gasteiger partial charge is 0.127 e. The molecule has 6 rings (SSSR count). The molecule has 1 saturated carbocycles. The summed E-state index contributed by atoms with van der Waals surface area (Å²) < 4.78 is 6.26. The van der Waals surface area contributed by atoms with Crippen molar-refractivity contribution in [3.8, 4) is 11.5 Å². The molecular weight excluding hydrogens is 390 g/mol. The fourth-order valence-corrected chi connectivity index (χ4v) is 6.95. The van der Waals surface area contributed by atoms with Crippen LogP contribution >= 0.6 is 0 Å². The molecule has 0 aromatic heterocycles. The van der Waals surface area contributed by atoms with Gasteiger partial charge in [0.2, 0.25) is 0 Å². The maximum absolute atomic E-state index is 6.26. The molecule has 0 radical (unpaired) electrons. The van der Waals surface area contributed by atoms with Gasteiger partial charge in [0.05, 0.1) is 0 Å². The van der Waals surface area contributed by atoms with Gasteiger partial charge in [0, 0.05) is 18.0 Å². The van der Waals surface area contributed by atoms with Gasteiger partial charge in [0.25, 0.3) is 0 Å². The van der Waals surface area contributed by atoms with E-state index in [9.17, 15) is 0 Å². The molecule has 1 aliphatic heterocycles. The van der Waals surface area contributed by atoms with Crippen molar-refractivity contribution in [1.29, 1.82) is 0 Å². The lowest BCUT2D eigenvalue weighted by atomic mass is 9.52. The van der Waals surface area contributed by atoms with Crippen LogP contribution in [0.4, 0.5) is 0 Å². The number of likely N-dealkylation sites (tertiary alicyclic amines) is 1. The van der Waals surface area contributed by atoms with Gasteiger partial charge in [0.1, 0.15) is 11.5 Å². The molecule has 0 amide bonds. The maximum Gasteiger partial charge on any atom is 0.127 e. The Morgan fingerprint density at radius 1 is 0.844 bits per heavy atom. The lowest BCUT2D eigenvalue weighted by Gasteiger charge is -2.59. The Morgan fingerprint density at radius 3 is 2.50 bits per heavy atom. The van der Waals surface area contributed by atoms with E-state index in [1.165, 1.54) is 57.2 Å². The molecule has 1 saturated heterocycles. The molecule has 3 aromatic rings. The molecule has 0 unspecified atom stereocenters. The van der Waals surface area contributed by atoms with E-state index in [-0.39, 0.29) is 0 Å². The van der Waals surface area contributed by atoms with Crippen LogP contribution < -0.4 is 4.74 Å². The number of hydrogen-bond donors (Lipinski definition) is 0. The van der Waals surface area contributed by atoms with Crippen LogP contribution in [-0.2, 0) is 18.3 Å². The molecule has 2 aliphatic carbocycles. The van der Waals surface area contributed by atoms with Gasteiger partial charge in [-0.15, -0.1) is 0 Å². The molecule has 0 spiro atoms. The van der Waals surface area contributed by atoms with Crippen molar-refractivity contribution in [3.05, 3.63) is 95.6 Å². The van der Waals surface area contributed by atoms with Gasteiger partial charge in [-0.1, -0.05) is 67.4 Å². The number of ether oxygens (including phenoxy) is 1. The van der Waals surface area contributed by atoms with E-state index in [1.54, 1.807) is 11.1 Å². The van der Waals surface area contributed by atoms with Gasteiger partial charge in [-0.05, 0) is 85.5 Å². The number of benzene rings is 3. The Labute approximate surface area is 192 Å². The van der Waals surface area contributed by atoms with Gasteiger partial charge < -0.3 is 4.74 Å². The highest BCUT2D eigenvalue weighted by Crippen LogP contribution is 2.56. The van der Waals surface area contributed by atoms with Gasteiger partial charge >= 0.3 is 0 Å². The third-order valence-corrected chi connectivity index (χ3v) is 8.43. The number of rotatable bonds is 5. The molecular formula is C30H33NO. The molecule has 3 aliphatic rings. The highest BCUT2D eigenvalue weighted by molar-refractivity contribution is 5.46. The van der Waals surface area contributed by atoms with Crippen molar-refractivity contribution in [1.82, 2.24) is 4.90 Å². The number of hydrogen-bond acceptors (Lipinski definition) is 2. The fourth-order valence-electron chi connectivity index (χ4n) is 6.95. The first-order valence-electron chi connectivity index (χ1n) is 12.5. The van der Waals surface area contributed by atoms with E-state index in [0.29, 0.717) is 11.5 Å². The molecule has 3 atom stereocenters. The SMILES string of the molecule is c1ccc(CCN2CC[C@]34CCCC[C@H]3[C@H]2Cc2ccc(Oc3ccccc3)cc24)cc1. The zero-order valence-corrected chi connectivity index (χ0v) is 18.9. The summed E-state index contributed by atoms with van der Waals surface area (Å²) in [7, 11) is 0. The van der Waals surface area contributed by atoms with Crippen LogP contribution in [-0.4, -0.2) is 24.0 Å². The topological polar surface area (TPSA) is 12.5 Å². The summed E-state index contributed by atoms with van der Waals surface area (Å²) in [5.41, 5.74) is 5.00. The number of fused-ring (bicyclic) bond motifs is 1. The van der Waals surface area contributed by atoms with Gasteiger partial charge in [0.15, 0.2) is 0 Å². The summed E-state index contributed by atoms with van der Waals surface area (Å²) in [6, 6.07) is 28.9. The molecule has 0 N–H and O–H groups in total. The Balaban J connectivity index is 1.29. The Kier molecular flexibility index (Phi) is 5.27. The fraction of sp³-hybridized carbons (Fsp3) is 0.400. The number of para-hydroxylation sites is 1. The molecule has 1 heterocycles. The van der Waals surface area contributed by atoms with Gasteiger partial charge in [-0.2, -0.15) is 0 Å². The predicted molar refractivity (Wildman–Crippen MR) is 130 cm³/mol. The van der Waals surface area contributed by atoms with Crippen molar-refractivity contribution in [2.75, 3.05) is 13.1 Å². The second kappa shape index (κ2) is 8.41. The Bertz CT molecular complexity index is 1060. The highest BCUT2D eigenvalue weighted by atomic mass is 16.5. The molecule has 2 nitrogen and oxygen atoms in total. The van der Waals surface area contributed by atoms with E-state index in [0.717, 1.165) is 23.8 Å². The second-order valence-corrected chi connectivity index (χ2v) is 10.0. The maximum atomic E-state index is 6.26. The highest BCUT2D eigenvalue weighted by Gasteiger charge is 2.53. The van der Waals surface area contributed by atoms with E-state index in [1.807, 2.05) is 30.3 Å². The van der Waals surface area contributed by atoms with Crippen LogP contribution in [0.25, 0.3) is 0 Å². The van der Waals surface area contributed by atoms with Crippen LogP contribution in [0.5, 0.6) is 11.5 Å². The summed E-state index contributed by atoms with van der Waals surface area (Å²) in [6.07, 6.45) is 9.15. The van der Waals surface area contributed by atoms with Crippen molar-refractivity contribution in [2.45, 2.75) is 56.4 Å². The summed E-state index contributed by atoms with van der Waals surface area (Å²) in [5, 5.41) is 0. The monoisotopic (exact) mass is 423 g/mol. The quantitative estimate of drug-likeness (QED) is 0.448. The molecule has 164 valence electrons. The summed E-state index contributed by atoms with van der Waals surface area (Å²) >= 11 is 0. The predicted octanol–water partition coefficient (Wildman–Crippen LogP) is 6.78. The Morgan fingerprint density at radius 2 is 1.66 bits per heavy atom. The van der Waals surface area contributed by atoms with Crippen molar-refractivity contribution in [3.63, 3.8) is 0 Å². The lowest BCUT2D eigenvalue weighted by Crippen LogP contribution is -2.61. The molecule has 32 heavy (non-hydrogen) atoms. The van der Waals surface area contributed by atoms with Gasteiger partial charge in [-0.25, -0.2) is 0 Å². The summed E-state index contributed by atoms with van der Waals surface area (Å²) in [6.45, 7) is 2.42. The van der Waals surface area contributed by atoms with Crippen molar-refractivity contribution < 1.29 is 4.74 Å². The zero-order chi connectivity index (χ0) is 21.4. The number of nitrogens with zero attached hydrogens (tertiary/aromatic N) is 1. The van der Waals surface area contributed by atoms with E-state index in [4.69, 9.17) is 4.74 Å². The first-order chi connectivity index (χ1) is 15.8. The first kappa shape index (κ1) is 20.1. The first-order valence-corrected chi connectivity index (χ1v) is 12.5. The van der Waals surface area contributed by atoms with Gasteiger partial charge in [-0.3, -0.25) is 4.90 Å². The lowest BCUT2D eigenvalue weighted by molar-refractivity contribution is -0.0106. The number of piperidine rings is 1. The average Bonchev–Trinajstić information content (AvgIpc) is 2.85. The summed E-state index contributed by atoms with van der Waals surface area (Å²) in [4.78, 5) is 2.83. The molecule has 2 fully saturated rings. The minimum absolute atomic E-state index is 0.357. The zero-order valence-electron chi connectivity index (χ0n) is 18.9. The van der Waals surface area contributed by atoms with Crippen LogP contribution in [0.15, 0.2) is 78.9 Å². The van der Waals surface area contributed by atoms with Crippen LogP contribution in [0.1, 0.15) is 48.8 Å². The van der Waals surface area contributed by atoms with Crippen molar-refractivity contribution >= 4 is 0 Å². The largest absolute Gasteiger partial charge is 0.457 e. The standard InChI is InChI=1S/C30H33NO/c1-3-9-23(10-4-1)16-19-31-20-18-30-17-8-7-13-27(30)29(31)21-24-14-15-26(22-28(24)30)32-25-11-5-2-6-12-25/h1-6,9-12,14-15,22,27,29H,7-8,13,16-21H2/t27-,29+,30+/m0/s1. The average molecular weight is 424 g/mol. The van der Waals surface area contributed by atoms with E-state index in [2.05, 4.69) is 53.4 Å². The van der Waals surface area contributed by atoms with Crippen LogP contribution in [0.3, 0.4) is 0 Å². The van der Waals surface area contributed by atoms with Crippen LogP contribution in [0, 0.1) is 5.92 Å².